The van der Waals surface area contributed by atoms with Crippen LogP contribution in [0.5, 0.6) is 0 Å². The summed E-state index contributed by atoms with van der Waals surface area (Å²) in [6.45, 7) is 3.42. The van der Waals surface area contributed by atoms with E-state index in [1.807, 2.05) is 60.7 Å². The minimum Gasteiger partial charge on any atom is -0.334 e. The van der Waals surface area contributed by atoms with Gasteiger partial charge >= 0.3 is 12.1 Å². The number of carbonyl (C=O) groups excluding carboxylic acids is 2. The van der Waals surface area contributed by atoms with Crippen LogP contribution in [0.1, 0.15) is 17.5 Å². The average molecular weight is 366 g/mol. The van der Waals surface area contributed by atoms with Gasteiger partial charge in [-0.15, -0.1) is 0 Å². The molecular formula is C21H26N4O2. The van der Waals surface area contributed by atoms with Crippen molar-refractivity contribution in [1.29, 1.82) is 0 Å². The molecule has 0 aliphatic carbocycles. The molecule has 6 heteroatoms. The van der Waals surface area contributed by atoms with Gasteiger partial charge in [0.1, 0.15) is 0 Å². The van der Waals surface area contributed by atoms with Crippen LogP contribution in [0.3, 0.4) is 0 Å². The average Bonchev–Trinajstić information content (AvgIpc) is 2.98. The first-order valence-corrected chi connectivity index (χ1v) is 9.36. The lowest BCUT2D eigenvalue weighted by Crippen LogP contribution is -2.44. The quantitative estimate of drug-likeness (QED) is 0.874. The van der Waals surface area contributed by atoms with E-state index in [4.69, 9.17) is 0 Å². The summed E-state index contributed by atoms with van der Waals surface area (Å²) in [5.74, 6) is 0. The zero-order valence-corrected chi connectivity index (χ0v) is 15.4. The van der Waals surface area contributed by atoms with Crippen molar-refractivity contribution >= 4 is 12.1 Å². The molecule has 6 nitrogen and oxygen atoms in total. The van der Waals surface area contributed by atoms with E-state index in [9.17, 15) is 9.59 Å². The van der Waals surface area contributed by atoms with Gasteiger partial charge in [-0.05, 0) is 17.5 Å². The molecule has 0 saturated carbocycles. The molecule has 1 heterocycles. The van der Waals surface area contributed by atoms with Crippen molar-refractivity contribution in [2.24, 2.45) is 0 Å². The summed E-state index contributed by atoms with van der Waals surface area (Å²) in [6.07, 6.45) is 0.775. The van der Waals surface area contributed by atoms with Gasteiger partial charge in [0.15, 0.2) is 0 Å². The number of hydrogen-bond donors (Lipinski definition) is 2. The second-order valence-electron chi connectivity index (χ2n) is 6.62. The van der Waals surface area contributed by atoms with E-state index in [1.54, 1.807) is 9.80 Å². The van der Waals surface area contributed by atoms with E-state index in [0.29, 0.717) is 39.3 Å². The first-order chi connectivity index (χ1) is 13.2. The van der Waals surface area contributed by atoms with Gasteiger partial charge in [0.25, 0.3) is 0 Å². The van der Waals surface area contributed by atoms with Crippen molar-refractivity contribution in [3.8, 4) is 0 Å². The monoisotopic (exact) mass is 366 g/mol. The Hall–Kier alpha value is -3.02. The number of carbonyl (C=O) groups is 2. The van der Waals surface area contributed by atoms with Crippen LogP contribution in [-0.4, -0.2) is 48.0 Å². The highest BCUT2D eigenvalue weighted by atomic mass is 16.2. The summed E-state index contributed by atoms with van der Waals surface area (Å²) in [5, 5.41) is 5.91. The number of nitrogens with zero attached hydrogens (tertiary/aromatic N) is 2. The Morgan fingerprint density at radius 2 is 1.07 bits per heavy atom. The maximum Gasteiger partial charge on any atom is 0.317 e. The predicted octanol–water partition coefficient (Wildman–Crippen LogP) is 2.81. The topological polar surface area (TPSA) is 64.7 Å². The van der Waals surface area contributed by atoms with Crippen LogP contribution in [-0.2, 0) is 13.1 Å². The van der Waals surface area contributed by atoms with E-state index in [-0.39, 0.29) is 12.1 Å². The maximum absolute atomic E-state index is 12.4. The van der Waals surface area contributed by atoms with Gasteiger partial charge in [0.2, 0.25) is 0 Å². The van der Waals surface area contributed by atoms with Gasteiger partial charge in [-0.2, -0.15) is 0 Å². The van der Waals surface area contributed by atoms with E-state index < -0.39 is 0 Å². The minimum absolute atomic E-state index is 0.0783. The third kappa shape index (κ3) is 5.74. The number of hydrogen-bond acceptors (Lipinski definition) is 2. The van der Waals surface area contributed by atoms with Crippen molar-refractivity contribution < 1.29 is 9.59 Å². The molecule has 2 aromatic rings. The Morgan fingerprint density at radius 1 is 0.667 bits per heavy atom. The summed E-state index contributed by atoms with van der Waals surface area (Å²) < 4.78 is 0. The predicted molar refractivity (Wildman–Crippen MR) is 105 cm³/mol. The Balaban J connectivity index is 1.43. The molecule has 0 aromatic heterocycles. The smallest absolute Gasteiger partial charge is 0.317 e. The number of nitrogens with one attached hydrogen (secondary N) is 2. The zero-order chi connectivity index (χ0) is 18.9. The SMILES string of the molecule is O=C(NCc1ccccc1)N1CCCN(C(=O)NCc2ccccc2)CC1. The van der Waals surface area contributed by atoms with Crippen molar-refractivity contribution in [3.63, 3.8) is 0 Å². The van der Waals surface area contributed by atoms with Crippen molar-refractivity contribution in [1.82, 2.24) is 20.4 Å². The molecule has 3 rings (SSSR count). The van der Waals surface area contributed by atoms with Gasteiger partial charge in [0.05, 0.1) is 0 Å². The third-order valence-electron chi connectivity index (χ3n) is 4.64. The molecule has 0 unspecified atom stereocenters. The molecule has 1 aliphatic rings. The molecule has 0 spiro atoms. The van der Waals surface area contributed by atoms with Gasteiger partial charge in [0, 0.05) is 39.3 Å². The molecule has 1 fully saturated rings. The lowest BCUT2D eigenvalue weighted by Gasteiger charge is -2.23. The first-order valence-electron chi connectivity index (χ1n) is 9.36. The molecule has 0 radical (unpaired) electrons. The fourth-order valence-corrected chi connectivity index (χ4v) is 3.09. The van der Waals surface area contributed by atoms with Gasteiger partial charge in [-0.3, -0.25) is 0 Å². The van der Waals surface area contributed by atoms with E-state index in [2.05, 4.69) is 10.6 Å². The first kappa shape index (κ1) is 18.8. The van der Waals surface area contributed by atoms with Crippen LogP contribution in [0.15, 0.2) is 60.7 Å². The summed E-state index contributed by atoms with van der Waals surface area (Å²) >= 11 is 0. The van der Waals surface area contributed by atoms with Crippen molar-refractivity contribution in [2.45, 2.75) is 19.5 Å². The molecule has 2 aromatic carbocycles. The number of urea groups is 2. The van der Waals surface area contributed by atoms with E-state index >= 15 is 0 Å². The standard InChI is InChI=1S/C21H26N4O2/c26-20(22-16-18-8-3-1-4-9-18)24-12-7-13-25(15-14-24)21(27)23-17-19-10-5-2-6-11-19/h1-6,8-11H,7,12-17H2,(H,22,26)(H,23,27). The highest BCUT2D eigenvalue weighted by molar-refractivity contribution is 5.75. The van der Waals surface area contributed by atoms with E-state index in [0.717, 1.165) is 17.5 Å². The molecule has 1 aliphatic heterocycles. The molecule has 4 amide bonds. The van der Waals surface area contributed by atoms with Gasteiger partial charge < -0.3 is 20.4 Å². The fourth-order valence-electron chi connectivity index (χ4n) is 3.09. The zero-order valence-electron chi connectivity index (χ0n) is 15.4. The summed E-state index contributed by atoms with van der Waals surface area (Å²) in [6, 6.07) is 19.5. The van der Waals surface area contributed by atoms with Crippen LogP contribution >= 0.6 is 0 Å². The second kappa shape index (κ2) is 9.62. The fraction of sp³-hybridized carbons (Fsp3) is 0.333. The minimum atomic E-state index is -0.0783. The van der Waals surface area contributed by atoms with Crippen molar-refractivity contribution in [2.75, 3.05) is 26.2 Å². The van der Waals surface area contributed by atoms with Crippen LogP contribution in [0.2, 0.25) is 0 Å². The van der Waals surface area contributed by atoms with E-state index in [1.165, 1.54) is 0 Å². The molecule has 27 heavy (non-hydrogen) atoms. The summed E-state index contributed by atoms with van der Waals surface area (Å²) in [7, 11) is 0. The molecule has 0 atom stereocenters. The molecule has 142 valence electrons. The maximum atomic E-state index is 12.4. The molecule has 2 N–H and O–H groups in total. The largest absolute Gasteiger partial charge is 0.334 e. The van der Waals surface area contributed by atoms with Crippen LogP contribution in [0.4, 0.5) is 9.59 Å². The van der Waals surface area contributed by atoms with Crippen LogP contribution < -0.4 is 10.6 Å². The Labute approximate surface area is 160 Å². The number of benzene rings is 2. The molecule has 1 saturated heterocycles. The Bertz CT molecular complexity index is 673. The lowest BCUT2D eigenvalue weighted by molar-refractivity contribution is 0.190. The van der Waals surface area contributed by atoms with Crippen molar-refractivity contribution in [3.05, 3.63) is 71.8 Å². The van der Waals surface area contributed by atoms with Gasteiger partial charge in [-0.1, -0.05) is 60.7 Å². The van der Waals surface area contributed by atoms with Crippen LogP contribution in [0.25, 0.3) is 0 Å². The van der Waals surface area contributed by atoms with Gasteiger partial charge in [-0.25, -0.2) is 9.59 Å². The lowest BCUT2D eigenvalue weighted by atomic mass is 10.2. The number of rotatable bonds is 4. The summed E-state index contributed by atoms with van der Waals surface area (Å²) in [5.41, 5.74) is 2.14. The number of amides is 4. The van der Waals surface area contributed by atoms with Crippen LogP contribution in [0, 0.1) is 0 Å². The normalized spacial score (nSPS) is 14.4. The second-order valence-corrected chi connectivity index (χ2v) is 6.62. The highest BCUT2D eigenvalue weighted by Gasteiger charge is 2.21. The Morgan fingerprint density at radius 3 is 1.48 bits per heavy atom. The summed E-state index contributed by atoms with van der Waals surface area (Å²) in [4.78, 5) is 28.4. The molecular weight excluding hydrogens is 340 g/mol. The molecule has 0 bridgehead atoms. The third-order valence-corrected chi connectivity index (χ3v) is 4.64. The highest BCUT2D eigenvalue weighted by Crippen LogP contribution is 2.06. The Kier molecular flexibility index (Phi) is 6.68.